The van der Waals surface area contributed by atoms with Gasteiger partial charge >= 0.3 is 0 Å². The van der Waals surface area contributed by atoms with Crippen LogP contribution in [0, 0.1) is 0 Å². The predicted octanol–water partition coefficient (Wildman–Crippen LogP) is 3.45. The maximum absolute atomic E-state index is 12.4. The molecule has 5 heteroatoms. The average Bonchev–Trinajstić information content (AvgIpc) is 3.28. The zero-order chi connectivity index (χ0) is 16.8. The van der Waals surface area contributed by atoms with E-state index in [0.29, 0.717) is 13.1 Å². The monoisotopic (exact) mass is 323 g/mol. The Morgan fingerprint density at radius 1 is 1.25 bits per heavy atom. The minimum absolute atomic E-state index is 0.0575. The summed E-state index contributed by atoms with van der Waals surface area (Å²) in [6, 6.07) is 13.6. The summed E-state index contributed by atoms with van der Waals surface area (Å²) in [7, 11) is 0. The van der Waals surface area contributed by atoms with E-state index >= 15 is 0 Å². The molecule has 1 N–H and O–H groups in total. The second-order valence-corrected chi connectivity index (χ2v) is 5.63. The van der Waals surface area contributed by atoms with Gasteiger partial charge in [0.25, 0.3) is 0 Å². The number of benzene rings is 1. The van der Waals surface area contributed by atoms with E-state index < -0.39 is 0 Å². The molecule has 0 saturated heterocycles. The van der Waals surface area contributed by atoms with Crippen molar-refractivity contribution in [3.63, 3.8) is 0 Å². The normalized spacial score (nSPS) is 12.0. The Bertz CT molecular complexity index is 763. The van der Waals surface area contributed by atoms with Crippen molar-refractivity contribution in [2.75, 3.05) is 6.54 Å². The van der Waals surface area contributed by atoms with Crippen LogP contribution in [0.5, 0.6) is 0 Å². The van der Waals surface area contributed by atoms with Crippen LogP contribution < -0.4 is 5.32 Å². The van der Waals surface area contributed by atoms with Gasteiger partial charge in [0, 0.05) is 12.7 Å². The number of carbonyl (C=O) groups is 1. The van der Waals surface area contributed by atoms with Gasteiger partial charge in [-0.1, -0.05) is 37.3 Å². The molecule has 2 aromatic heterocycles. The van der Waals surface area contributed by atoms with Crippen LogP contribution in [-0.2, 0) is 11.3 Å². The Morgan fingerprint density at radius 3 is 2.79 bits per heavy atom. The van der Waals surface area contributed by atoms with Crippen LogP contribution in [-0.4, -0.2) is 22.2 Å². The number of amides is 1. The molecular weight excluding hydrogens is 302 g/mol. The second kappa shape index (κ2) is 7.64. The van der Waals surface area contributed by atoms with E-state index in [1.807, 2.05) is 60.3 Å². The Kier molecular flexibility index (Phi) is 5.11. The summed E-state index contributed by atoms with van der Waals surface area (Å²) in [6.45, 7) is 3.19. The fourth-order valence-electron chi connectivity index (χ4n) is 2.73. The molecule has 5 nitrogen and oxygen atoms in total. The first-order chi connectivity index (χ1) is 11.8. The first-order valence-electron chi connectivity index (χ1n) is 8.17. The summed E-state index contributed by atoms with van der Waals surface area (Å²) in [4.78, 5) is 12.4. The van der Waals surface area contributed by atoms with Gasteiger partial charge in [0.2, 0.25) is 5.91 Å². The minimum Gasteiger partial charge on any atom is -0.464 e. The van der Waals surface area contributed by atoms with E-state index in [9.17, 15) is 4.79 Å². The molecule has 0 aliphatic rings. The summed E-state index contributed by atoms with van der Waals surface area (Å²) in [6.07, 6.45) is 6.10. The van der Waals surface area contributed by atoms with Crippen LogP contribution >= 0.6 is 0 Å². The molecular formula is C19H21N3O2. The lowest BCUT2D eigenvalue weighted by Crippen LogP contribution is -2.31. The Balaban J connectivity index is 1.53. The molecule has 3 rings (SSSR count). The van der Waals surface area contributed by atoms with Crippen LogP contribution in [0.2, 0.25) is 0 Å². The lowest BCUT2D eigenvalue weighted by molar-refractivity contribution is -0.122. The zero-order valence-corrected chi connectivity index (χ0v) is 13.7. The van der Waals surface area contributed by atoms with Crippen molar-refractivity contribution >= 4 is 5.91 Å². The lowest BCUT2D eigenvalue weighted by Gasteiger charge is -2.15. The summed E-state index contributed by atoms with van der Waals surface area (Å²) >= 11 is 0. The van der Waals surface area contributed by atoms with Gasteiger partial charge in [-0.25, -0.2) is 0 Å². The lowest BCUT2D eigenvalue weighted by atomic mass is 9.96. The summed E-state index contributed by atoms with van der Waals surface area (Å²) in [5.74, 6) is 0.741. The van der Waals surface area contributed by atoms with Gasteiger partial charge in [-0.15, -0.1) is 0 Å². The number of aromatic nitrogens is 2. The fourth-order valence-corrected chi connectivity index (χ4v) is 2.73. The molecule has 0 fully saturated rings. The topological polar surface area (TPSA) is 60.1 Å². The van der Waals surface area contributed by atoms with Gasteiger partial charge in [-0.05, 0) is 24.1 Å². The highest BCUT2D eigenvalue weighted by Crippen LogP contribution is 2.19. The highest BCUT2D eigenvalue weighted by atomic mass is 16.3. The molecule has 0 aliphatic heterocycles. The standard InChI is InChI=1S/C19H21N3O2/c1-2-17(15-7-4-3-5-8-15)19(23)20-10-11-22-14-16(13-21-22)18-9-6-12-24-18/h3-9,12-14,17H,2,10-11H2,1H3,(H,20,23)/t17-/m1/s1. The molecule has 1 atom stereocenters. The van der Waals surface area contributed by atoms with Gasteiger partial charge in [0.15, 0.2) is 0 Å². The highest BCUT2D eigenvalue weighted by Gasteiger charge is 2.17. The third-order valence-corrected chi connectivity index (χ3v) is 4.01. The average molecular weight is 323 g/mol. The highest BCUT2D eigenvalue weighted by molar-refractivity contribution is 5.83. The van der Waals surface area contributed by atoms with Crippen LogP contribution in [0.4, 0.5) is 0 Å². The second-order valence-electron chi connectivity index (χ2n) is 5.63. The number of rotatable bonds is 7. The number of hydrogen-bond donors (Lipinski definition) is 1. The van der Waals surface area contributed by atoms with E-state index in [4.69, 9.17) is 4.42 Å². The van der Waals surface area contributed by atoms with Crippen molar-refractivity contribution in [1.82, 2.24) is 15.1 Å². The molecule has 0 aliphatic carbocycles. The van der Waals surface area contributed by atoms with Gasteiger partial charge in [-0.3, -0.25) is 9.48 Å². The molecule has 0 saturated carbocycles. The summed E-state index contributed by atoms with van der Waals surface area (Å²) in [5, 5.41) is 7.30. The van der Waals surface area contributed by atoms with Crippen LogP contribution in [0.3, 0.4) is 0 Å². The van der Waals surface area contributed by atoms with Crippen molar-refractivity contribution in [1.29, 1.82) is 0 Å². The Morgan fingerprint density at radius 2 is 2.08 bits per heavy atom. The number of nitrogens with zero attached hydrogens (tertiary/aromatic N) is 2. The molecule has 3 aromatic rings. The van der Waals surface area contributed by atoms with Crippen molar-refractivity contribution in [3.05, 3.63) is 66.7 Å². The Labute approximate surface area is 141 Å². The quantitative estimate of drug-likeness (QED) is 0.724. The first-order valence-corrected chi connectivity index (χ1v) is 8.17. The molecule has 1 amide bonds. The number of carbonyl (C=O) groups excluding carboxylic acids is 1. The third-order valence-electron chi connectivity index (χ3n) is 4.01. The Hall–Kier alpha value is -2.82. The van der Waals surface area contributed by atoms with E-state index in [0.717, 1.165) is 23.3 Å². The molecule has 1 aromatic carbocycles. The van der Waals surface area contributed by atoms with Crippen LogP contribution in [0.1, 0.15) is 24.8 Å². The van der Waals surface area contributed by atoms with Crippen molar-refractivity contribution in [3.8, 4) is 11.3 Å². The molecule has 2 heterocycles. The fraction of sp³-hybridized carbons (Fsp3) is 0.263. The smallest absolute Gasteiger partial charge is 0.227 e. The van der Waals surface area contributed by atoms with Gasteiger partial charge < -0.3 is 9.73 Å². The number of nitrogens with one attached hydrogen (secondary N) is 1. The summed E-state index contributed by atoms with van der Waals surface area (Å²) in [5.41, 5.74) is 1.98. The molecule has 0 unspecified atom stereocenters. The molecule has 0 radical (unpaired) electrons. The number of hydrogen-bond acceptors (Lipinski definition) is 3. The molecule has 0 spiro atoms. The molecule has 0 bridgehead atoms. The van der Waals surface area contributed by atoms with Gasteiger partial charge in [0.05, 0.1) is 30.5 Å². The predicted molar refractivity (Wildman–Crippen MR) is 92.4 cm³/mol. The largest absolute Gasteiger partial charge is 0.464 e. The van der Waals surface area contributed by atoms with E-state index in [-0.39, 0.29) is 11.8 Å². The van der Waals surface area contributed by atoms with Gasteiger partial charge in [0.1, 0.15) is 5.76 Å². The van der Waals surface area contributed by atoms with Crippen molar-refractivity contribution < 1.29 is 9.21 Å². The third kappa shape index (κ3) is 3.74. The maximum atomic E-state index is 12.4. The minimum atomic E-state index is -0.109. The van der Waals surface area contributed by atoms with E-state index in [1.54, 1.807) is 12.5 Å². The zero-order valence-electron chi connectivity index (χ0n) is 13.7. The van der Waals surface area contributed by atoms with E-state index in [1.165, 1.54) is 0 Å². The van der Waals surface area contributed by atoms with Crippen molar-refractivity contribution in [2.24, 2.45) is 0 Å². The first kappa shape index (κ1) is 16.1. The van der Waals surface area contributed by atoms with Crippen LogP contribution in [0.25, 0.3) is 11.3 Å². The molecule has 24 heavy (non-hydrogen) atoms. The maximum Gasteiger partial charge on any atom is 0.227 e. The van der Waals surface area contributed by atoms with Crippen LogP contribution in [0.15, 0.2) is 65.5 Å². The van der Waals surface area contributed by atoms with Crippen molar-refractivity contribution in [2.45, 2.75) is 25.8 Å². The summed E-state index contributed by atoms with van der Waals surface area (Å²) < 4.78 is 7.15. The van der Waals surface area contributed by atoms with Gasteiger partial charge in [-0.2, -0.15) is 5.10 Å². The SMILES string of the molecule is CC[C@@H](C(=O)NCCn1cc(-c2ccco2)cn1)c1ccccc1. The molecule has 124 valence electrons. The van der Waals surface area contributed by atoms with E-state index in [2.05, 4.69) is 10.4 Å². The number of furan rings is 1.